The number of hydrogen-bond acceptors (Lipinski definition) is 3. The quantitative estimate of drug-likeness (QED) is 0.745. The minimum atomic E-state index is -0.0482. The highest BCUT2D eigenvalue weighted by Crippen LogP contribution is 2.23. The number of aromatic nitrogens is 2. The van der Waals surface area contributed by atoms with Gasteiger partial charge in [0.1, 0.15) is 0 Å². The van der Waals surface area contributed by atoms with Crippen LogP contribution in [0, 0.1) is 0 Å². The third-order valence-electron chi connectivity index (χ3n) is 5.13. The van der Waals surface area contributed by atoms with Gasteiger partial charge in [0.05, 0.1) is 17.8 Å². The molecule has 4 rings (SSSR count). The monoisotopic (exact) mass is 348 g/mol. The Balaban J connectivity index is 1.50. The van der Waals surface area contributed by atoms with E-state index in [2.05, 4.69) is 40.9 Å². The van der Waals surface area contributed by atoms with Crippen LogP contribution in [0.1, 0.15) is 40.9 Å². The molecule has 2 N–H and O–H groups in total. The van der Waals surface area contributed by atoms with E-state index >= 15 is 0 Å². The highest BCUT2D eigenvalue weighted by atomic mass is 16.1. The second-order valence-corrected chi connectivity index (χ2v) is 6.78. The van der Waals surface area contributed by atoms with Gasteiger partial charge in [0.2, 0.25) is 0 Å². The highest BCUT2D eigenvalue weighted by molar-refractivity contribution is 5.94. The molecule has 1 saturated heterocycles. The van der Waals surface area contributed by atoms with Crippen molar-refractivity contribution in [3.05, 3.63) is 65.4 Å². The van der Waals surface area contributed by atoms with Crippen LogP contribution in [0.5, 0.6) is 0 Å². The van der Waals surface area contributed by atoms with E-state index in [4.69, 9.17) is 0 Å². The van der Waals surface area contributed by atoms with E-state index in [1.165, 1.54) is 5.56 Å². The lowest BCUT2D eigenvalue weighted by Crippen LogP contribution is -2.23. The molecule has 1 atom stereocenters. The van der Waals surface area contributed by atoms with E-state index in [0.29, 0.717) is 18.0 Å². The summed E-state index contributed by atoms with van der Waals surface area (Å²) >= 11 is 0. The zero-order valence-corrected chi connectivity index (χ0v) is 15.0. The molecule has 1 fully saturated rings. The van der Waals surface area contributed by atoms with Crippen LogP contribution in [-0.2, 0) is 13.1 Å². The molecular weight excluding hydrogens is 324 g/mol. The number of carbonyl (C=O) groups excluding carboxylic acids is 1. The van der Waals surface area contributed by atoms with Crippen LogP contribution in [0.3, 0.4) is 0 Å². The second-order valence-electron chi connectivity index (χ2n) is 6.78. The fourth-order valence-electron chi connectivity index (χ4n) is 3.71. The molecule has 0 bridgehead atoms. The fraction of sp³-hybridized carbons (Fsp3) is 0.333. The molecule has 0 spiro atoms. The van der Waals surface area contributed by atoms with Crippen molar-refractivity contribution in [2.24, 2.45) is 0 Å². The molecule has 1 aliphatic rings. The molecule has 1 aromatic heterocycles. The van der Waals surface area contributed by atoms with E-state index in [9.17, 15) is 4.79 Å². The highest BCUT2D eigenvalue weighted by Gasteiger charge is 2.18. The number of nitrogens with one attached hydrogen (secondary N) is 2. The second kappa shape index (κ2) is 7.30. The number of para-hydroxylation sites is 1. The van der Waals surface area contributed by atoms with E-state index in [-0.39, 0.29) is 5.91 Å². The number of hydrogen-bond donors (Lipinski definition) is 2. The first-order chi connectivity index (χ1) is 12.8. The predicted molar refractivity (Wildman–Crippen MR) is 103 cm³/mol. The lowest BCUT2D eigenvalue weighted by Gasteiger charge is -2.10. The molecular formula is C21H24N4O. The molecule has 26 heavy (non-hydrogen) atoms. The summed E-state index contributed by atoms with van der Waals surface area (Å²) in [7, 11) is 0. The summed E-state index contributed by atoms with van der Waals surface area (Å²) in [5.74, 6) is 0.458. The average Bonchev–Trinajstić information content (AvgIpc) is 3.34. The summed E-state index contributed by atoms with van der Waals surface area (Å²) in [5.41, 5.74) is 3.97. The zero-order chi connectivity index (χ0) is 17.9. The molecule has 0 aliphatic carbocycles. The summed E-state index contributed by atoms with van der Waals surface area (Å²) in [6, 6.07) is 16.1. The Morgan fingerprint density at radius 2 is 2.15 bits per heavy atom. The third kappa shape index (κ3) is 3.22. The van der Waals surface area contributed by atoms with Crippen molar-refractivity contribution < 1.29 is 4.79 Å². The van der Waals surface area contributed by atoms with Gasteiger partial charge in [-0.1, -0.05) is 30.3 Å². The van der Waals surface area contributed by atoms with Crippen molar-refractivity contribution in [1.82, 2.24) is 20.4 Å². The van der Waals surface area contributed by atoms with E-state index in [0.717, 1.165) is 42.7 Å². The van der Waals surface area contributed by atoms with Crippen LogP contribution in [0.15, 0.2) is 48.5 Å². The Hall–Kier alpha value is -2.66. The smallest absolute Gasteiger partial charge is 0.251 e. The number of amides is 1. The van der Waals surface area contributed by atoms with E-state index < -0.39 is 0 Å². The Morgan fingerprint density at radius 3 is 2.96 bits per heavy atom. The Morgan fingerprint density at radius 1 is 1.27 bits per heavy atom. The maximum Gasteiger partial charge on any atom is 0.251 e. The number of benzene rings is 2. The largest absolute Gasteiger partial charge is 0.346 e. The van der Waals surface area contributed by atoms with Crippen molar-refractivity contribution >= 4 is 16.8 Å². The van der Waals surface area contributed by atoms with Crippen molar-refractivity contribution in [3.63, 3.8) is 0 Å². The molecule has 5 nitrogen and oxygen atoms in total. The molecule has 5 heteroatoms. The summed E-state index contributed by atoms with van der Waals surface area (Å²) < 4.78 is 1.98. The Labute approximate surface area is 153 Å². The molecule has 1 amide bonds. The number of carbonyl (C=O) groups is 1. The summed E-state index contributed by atoms with van der Waals surface area (Å²) in [6.07, 6.45) is 1.13. The lowest BCUT2D eigenvalue weighted by molar-refractivity contribution is 0.0950. The molecule has 0 unspecified atom stereocenters. The van der Waals surface area contributed by atoms with Gasteiger partial charge in [0.25, 0.3) is 5.91 Å². The van der Waals surface area contributed by atoms with Gasteiger partial charge < -0.3 is 10.6 Å². The molecule has 3 aromatic rings. The van der Waals surface area contributed by atoms with Gasteiger partial charge in [-0.25, -0.2) is 0 Å². The summed E-state index contributed by atoms with van der Waals surface area (Å²) in [5, 5.41) is 12.2. The van der Waals surface area contributed by atoms with Gasteiger partial charge in [-0.05, 0) is 49.6 Å². The van der Waals surface area contributed by atoms with Crippen molar-refractivity contribution in [1.29, 1.82) is 0 Å². The number of nitrogens with zero attached hydrogens (tertiary/aromatic N) is 2. The standard InChI is InChI=1S/C21H24N4O/c1-2-25-20-9-4-3-8-18(20)19(24-25)14-23-21(26)16-7-5-6-15(12-16)17-10-11-22-13-17/h3-9,12,17,22H,2,10-11,13-14H2,1H3,(H,23,26)/t17-/m1/s1. The fourth-order valence-corrected chi connectivity index (χ4v) is 3.71. The molecule has 2 aromatic carbocycles. The molecule has 1 aliphatic heterocycles. The van der Waals surface area contributed by atoms with Crippen LogP contribution in [0.4, 0.5) is 0 Å². The van der Waals surface area contributed by atoms with Crippen LogP contribution in [0.2, 0.25) is 0 Å². The van der Waals surface area contributed by atoms with Crippen molar-refractivity contribution in [2.75, 3.05) is 13.1 Å². The SMILES string of the molecule is CCn1nc(CNC(=O)c2cccc([C@@H]3CCNC3)c2)c2ccccc21. The zero-order valence-electron chi connectivity index (χ0n) is 15.0. The average molecular weight is 348 g/mol. The number of rotatable bonds is 5. The number of aryl methyl sites for hydroxylation is 1. The maximum absolute atomic E-state index is 12.6. The lowest BCUT2D eigenvalue weighted by atomic mass is 9.96. The van der Waals surface area contributed by atoms with Crippen molar-refractivity contribution in [2.45, 2.75) is 32.4 Å². The van der Waals surface area contributed by atoms with Gasteiger partial charge in [-0.2, -0.15) is 5.10 Å². The predicted octanol–water partition coefficient (Wildman–Crippen LogP) is 3.06. The molecule has 0 saturated carbocycles. The van der Waals surface area contributed by atoms with Crippen LogP contribution >= 0.6 is 0 Å². The van der Waals surface area contributed by atoms with E-state index in [1.54, 1.807) is 0 Å². The Bertz CT molecular complexity index is 925. The minimum absolute atomic E-state index is 0.0482. The summed E-state index contributed by atoms with van der Waals surface area (Å²) in [4.78, 5) is 12.6. The third-order valence-corrected chi connectivity index (χ3v) is 5.13. The first-order valence-corrected chi connectivity index (χ1v) is 9.29. The van der Waals surface area contributed by atoms with Crippen LogP contribution in [0.25, 0.3) is 10.9 Å². The molecule has 2 heterocycles. The van der Waals surface area contributed by atoms with Gasteiger partial charge >= 0.3 is 0 Å². The summed E-state index contributed by atoms with van der Waals surface area (Å²) in [6.45, 7) is 5.36. The van der Waals surface area contributed by atoms with Gasteiger partial charge in [0.15, 0.2) is 0 Å². The van der Waals surface area contributed by atoms with E-state index in [1.807, 2.05) is 35.0 Å². The van der Waals surface area contributed by atoms with Crippen molar-refractivity contribution in [3.8, 4) is 0 Å². The number of fused-ring (bicyclic) bond motifs is 1. The minimum Gasteiger partial charge on any atom is -0.346 e. The van der Waals surface area contributed by atoms with Gasteiger partial charge in [0, 0.05) is 24.0 Å². The normalized spacial score (nSPS) is 16.9. The van der Waals surface area contributed by atoms with Gasteiger partial charge in [-0.15, -0.1) is 0 Å². The Kier molecular flexibility index (Phi) is 4.71. The molecule has 0 radical (unpaired) electrons. The topological polar surface area (TPSA) is 59.0 Å². The maximum atomic E-state index is 12.6. The molecule has 134 valence electrons. The first-order valence-electron chi connectivity index (χ1n) is 9.29. The van der Waals surface area contributed by atoms with Crippen LogP contribution < -0.4 is 10.6 Å². The first kappa shape index (κ1) is 16.8. The van der Waals surface area contributed by atoms with Gasteiger partial charge in [-0.3, -0.25) is 9.48 Å². The van der Waals surface area contributed by atoms with Crippen LogP contribution in [-0.4, -0.2) is 28.8 Å².